The number of piperazine rings is 1. The molecule has 3 heterocycles. The molecule has 0 spiro atoms. The lowest BCUT2D eigenvalue weighted by molar-refractivity contribution is -0.134. The van der Waals surface area contributed by atoms with Crippen LogP contribution in [-0.4, -0.2) is 73.9 Å². The zero-order chi connectivity index (χ0) is 22.3. The lowest BCUT2D eigenvalue weighted by Crippen LogP contribution is -2.44. The van der Waals surface area contributed by atoms with Gasteiger partial charge in [0.2, 0.25) is 11.4 Å². The summed E-state index contributed by atoms with van der Waals surface area (Å²) < 4.78 is 1.67. The van der Waals surface area contributed by atoms with Crippen LogP contribution in [-0.2, 0) is 16.1 Å². The van der Waals surface area contributed by atoms with E-state index in [1.165, 1.54) is 12.4 Å². The Morgan fingerprint density at radius 2 is 1.73 bits per heavy atom. The van der Waals surface area contributed by atoms with Gasteiger partial charge in [-0.2, -0.15) is 4.98 Å². The minimum atomic E-state index is -1.26. The first-order chi connectivity index (χ1) is 14.2. The maximum atomic E-state index is 12.2. The minimum Gasteiger partial charge on any atom is -0.478 e. The van der Waals surface area contributed by atoms with E-state index < -0.39 is 23.3 Å². The summed E-state index contributed by atoms with van der Waals surface area (Å²) in [5, 5.41) is 28.3. The average molecular weight is 419 g/mol. The van der Waals surface area contributed by atoms with Crippen molar-refractivity contribution in [3.63, 3.8) is 0 Å². The number of hydrogen-bond acceptors (Lipinski definition) is 8. The van der Waals surface area contributed by atoms with Crippen LogP contribution in [0.25, 0.3) is 11.0 Å². The van der Waals surface area contributed by atoms with E-state index in [2.05, 4.69) is 15.3 Å². The topological polar surface area (TPSA) is 175 Å². The first-order valence-corrected chi connectivity index (χ1v) is 8.97. The fourth-order valence-corrected chi connectivity index (χ4v) is 2.72. The van der Waals surface area contributed by atoms with Crippen LogP contribution in [0.3, 0.4) is 0 Å². The summed E-state index contributed by atoms with van der Waals surface area (Å²) in [5.41, 5.74) is -0.326. The number of hydrogen-bond donors (Lipinski definition) is 4. The van der Waals surface area contributed by atoms with Gasteiger partial charge < -0.3 is 30.1 Å². The van der Waals surface area contributed by atoms with Crippen molar-refractivity contribution in [2.45, 2.75) is 13.5 Å². The number of nitrogens with zero attached hydrogens (tertiary/aromatic N) is 4. The highest BCUT2D eigenvalue weighted by Crippen LogP contribution is 2.14. The van der Waals surface area contributed by atoms with Crippen molar-refractivity contribution in [3.05, 3.63) is 40.3 Å². The molecule has 0 aliphatic carbocycles. The van der Waals surface area contributed by atoms with Crippen molar-refractivity contribution in [3.8, 4) is 0 Å². The lowest BCUT2D eigenvalue weighted by atomic mass is 10.2. The summed E-state index contributed by atoms with van der Waals surface area (Å²) in [6.07, 6.45) is 3.90. The predicted molar refractivity (Wildman–Crippen MR) is 106 cm³/mol. The maximum absolute atomic E-state index is 12.2. The summed E-state index contributed by atoms with van der Waals surface area (Å²) in [6, 6.07) is 0. The maximum Gasteiger partial charge on any atom is 0.341 e. The second-order valence-electron chi connectivity index (χ2n) is 6.12. The first-order valence-electron chi connectivity index (χ1n) is 8.97. The highest BCUT2D eigenvalue weighted by molar-refractivity contribution is 5.91. The highest BCUT2D eigenvalue weighted by atomic mass is 16.4. The molecular formula is C18H21N5O7. The van der Waals surface area contributed by atoms with Gasteiger partial charge in [-0.05, 0) is 6.92 Å². The van der Waals surface area contributed by atoms with E-state index in [0.717, 1.165) is 26.2 Å². The van der Waals surface area contributed by atoms with Gasteiger partial charge in [-0.1, -0.05) is 0 Å². The van der Waals surface area contributed by atoms with Crippen LogP contribution >= 0.6 is 0 Å². The molecule has 12 nitrogen and oxygen atoms in total. The second-order valence-corrected chi connectivity index (χ2v) is 6.12. The van der Waals surface area contributed by atoms with Crippen LogP contribution in [0, 0.1) is 0 Å². The zero-order valence-corrected chi connectivity index (χ0v) is 16.1. The standard InChI is InChI=1S/C14H17N5O3.C4H4O4/c1-2-18-8-10(13(21)22)11(20)9-7-16-14(17-12(9)18)19-5-3-15-4-6-19;5-3(6)1-2-4(7)8/h7-8,15H,2-6H2,1H3,(H,21,22);1-2H,(H,5,6)(H,7,8)/b;2-1-. The van der Waals surface area contributed by atoms with Gasteiger partial charge in [0.25, 0.3) is 0 Å². The zero-order valence-electron chi connectivity index (χ0n) is 16.1. The Labute approximate surface area is 170 Å². The Morgan fingerprint density at radius 3 is 2.23 bits per heavy atom. The van der Waals surface area contributed by atoms with Gasteiger partial charge in [0.1, 0.15) is 11.2 Å². The molecule has 1 saturated heterocycles. The molecule has 0 radical (unpaired) electrons. The summed E-state index contributed by atoms with van der Waals surface area (Å²) in [6.45, 7) is 5.72. The number of rotatable bonds is 5. The summed E-state index contributed by atoms with van der Waals surface area (Å²) in [7, 11) is 0. The van der Waals surface area contributed by atoms with Crippen LogP contribution in [0.15, 0.2) is 29.3 Å². The summed E-state index contributed by atoms with van der Waals surface area (Å²) in [4.78, 5) is 53.3. The van der Waals surface area contributed by atoms with Crippen molar-refractivity contribution < 1.29 is 29.7 Å². The Balaban J connectivity index is 0.000000343. The Morgan fingerprint density at radius 1 is 1.13 bits per heavy atom. The Bertz CT molecular complexity index is 1030. The van der Waals surface area contributed by atoms with E-state index in [1.54, 1.807) is 4.57 Å². The molecule has 0 saturated carbocycles. The molecule has 4 N–H and O–H groups in total. The molecule has 1 fully saturated rings. The van der Waals surface area contributed by atoms with Crippen molar-refractivity contribution in [1.29, 1.82) is 0 Å². The van der Waals surface area contributed by atoms with E-state index in [1.807, 2.05) is 11.8 Å². The van der Waals surface area contributed by atoms with Gasteiger partial charge >= 0.3 is 17.9 Å². The molecule has 12 heteroatoms. The number of aromatic carboxylic acids is 1. The number of pyridine rings is 1. The van der Waals surface area contributed by atoms with Crippen molar-refractivity contribution in [2.24, 2.45) is 0 Å². The molecule has 2 aromatic heterocycles. The van der Waals surface area contributed by atoms with E-state index in [0.29, 0.717) is 30.3 Å². The smallest absolute Gasteiger partial charge is 0.341 e. The summed E-state index contributed by atoms with van der Waals surface area (Å²) >= 11 is 0. The molecule has 0 bridgehead atoms. The number of aryl methyl sites for hydroxylation is 1. The number of carboxylic acid groups (broad SMARTS) is 3. The van der Waals surface area contributed by atoms with Crippen LogP contribution in [0.4, 0.5) is 5.95 Å². The van der Waals surface area contributed by atoms with Crippen LogP contribution in [0.1, 0.15) is 17.3 Å². The molecule has 1 aliphatic rings. The molecular weight excluding hydrogens is 398 g/mol. The quantitative estimate of drug-likeness (QED) is 0.465. The normalized spacial score (nSPS) is 13.7. The molecule has 0 aromatic carbocycles. The third kappa shape index (κ3) is 5.61. The average Bonchev–Trinajstić information content (AvgIpc) is 2.73. The van der Waals surface area contributed by atoms with E-state index in [9.17, 15) is 19.2 Å². The van der Waals surface area contributed by atoms with Crippen molar-refractivity contribution >= 4 is 34.9 Å². The fraction of sp³-hybridized carbons (Fsp3) is 0.333. The fourth-order valence-electron chi connectivity index (χ4n) is 2.72. The highest BCUT2D eigenvalue weighted by Gasteiger charge is 2.18. The molecule has 1 aliphatic heterocycles. The molecule has 160 valence electrons. The number of fused-ring (bicyclic) bond motifs is 1. The predicted octanol–water partition coefficient (Wildman–Crippen LogP) is -0.369. The third-order valence-corrected chi connectivity index (χ3v) is 4.14. The molecule has 0 unspecified atom stereocenters. The lowest BCUT2D eigenvalue weighted by Gasteiger charge is -2.27. The monoisotopic (exact) mass is 419 g/mol. The molecule has 2 aromatic rings. The largest absolute Gasteiger partial charge is 0.478 e. The van der Waals surface area contributed by atoms with E-state index in [4.69, 9.17) is 15.3 Å². The number of aromatic nitrogens is 3. The Kier molecular flexibility index (Phi) is 7.58. The van der Waals surface area contributed by atoms with Crippen LogP contribution < -0.4 is 15.6 Å². The number of carbonyl (C=O) groups is 3. The first kappa shape index (κ1) is 22.5. The molecule has 3 rings (SSSR count). The van der Waals surface area contributed by atoms with Gasteiger partial charge in [-0.3, -0.25) is 4.79 Å². The minimum absolute atomic E-state index is 0.237. The Hall–Kier alpha value is -3.80. The van der Waals surface area contributed by atoms with E-state index in [-0.39, 0.29) is 10.9 Å². The van der Waals surface area contributed by atoms with Gasteiger partial charge in [-0.15, -0.1) is 0 Å². The number of aliphatic carboxylic acids is 2. The van der Waals surface area contributed by atoms with Gasteiger partial charge in [-0.25, -0.2) is 19.4 Å². The number of anilines is 1. The number of carboxylic acids is 3. The third-order valence-electron chi connectivity index (χ3n) is 4.14. The van der Waals surface area contributed by atoms with E-state index >= 15 is 0 Å². The van der Waals surface area contributed by atoms with Gasteiger partial charge in [0.15, 0.2) is 0 Å². The van der Waals surface area contributed by atoms with Gasteiger partial charge in [0, 0.05) is 57.3 Å². The number of nitrogens with one attached hydrogen (secondary N) is 1. The second kappa shape index (κ2) is 10.1. The summed E-state index contributed by atoms with van der Waals surface area (Å²) in [5.74, 6) is -3.18. The molecule has 0 atom stereocenters. The van der Waals surface area contributed by atoms with Gasteiger partial charge in [0.05, 0.1) is 5.39 Å². The molecule has 0 amide bonds. The molecule has 30 heavy (non-hydrogen) atoms. The van der Waals surface area contributed by atoms with Crippen molar-refractivity contribution in [1.82, 2.24) is 19.9 Å². The van der Waals surface area contributed by atoms with Crippen LogP contribution in [0.2, 0.25) is 0 Å². The van der Waals surface area contributed by atoms with Crippen LogP contribution in [0.5, 0.6) is 0 Å². The SMILES string of the molecule is CCn1cc(C(=O)O)c(=O)c2cnc(N3CCNCC3)nc21.O=C(O)/C=C\C(=O)O. The van der Waals surface area contributed by atoms with Crippen molar-refractivity contribution in [2.75, 3.05) is 31.1 Å².